The summed E-state index contributed by atoms with van der Waals surface area (Å²) in [5, 5.41) is 0. The third-order valence-electron chi connectivity index (χ3n) is 14.7. The number of allylic oxidation sites excluding steroid dienone is 4. The molecular weight excluding hydrogens is 889 g/mol. The Labute approximate surface area is 449 Å². The monoisotopic (exact) mass is 1010 g/mol. The smallest absolute Gasteiger partial charge is 0.306 e. The number of hydrogen-bond donors (Lipinski definition) is 0. The summed E-state index contributed by atoms with van der Waals surface area (Å²) in [7, 11) is 0. The fourth-order valence-corrected chi connectivity index (χ4v) is 9.83. The molecule has 0 aliphatic carbocycles. The number of ether oxygens (including phenoxy) is 3. The quantitative estimate of drug-likeness (QED) is 0.0261. The molecule has 0 spiro atoms. The highest BCUT2D eigenvalue weighted by Gasteiger charge is 2.19. The zero-order chi connectivity index (χ0) is 52.2. The predicted octanol–water partition coefficient (Wildman–Crippen LogP) is 21.8. The van der Waals surface area contributed by atoms with Crippen molar-refractivity contribution in [2.45, 2.75) is 367 Å². The molecule has 0 aliphatic rings. The maximum Gasteiger partial charge on any atom is 0.306 e. The van der Waals surface area contributed by atoms with Crippen molar-refractivity contribution in [1.82, 2.24) is 0 Å². The van der Waals surface area contributed by atoms with E-state index in [1.165, 1.54) is 257 Å². The van der Waals surface area contributed by atoms with Gasteiger partial charge in [-0.05, 0) is 51.4 Å². The van der Waals surface area contributed by atoms with Crippen molar-refractivity contribution >= 4 is 17.9 Å². The molecule has 1 unspecified atom stereocenters. The van der Waals surface area contributed by atoms with Crippen molar-refractivity contribution in [1.29, 1.82) is 0 Å². The third-order valence-corrected chi connectivity index (χ3v) is 14.7. The summed E-state index contributed by atoms with van der Waals surface area (Å²) in [5.74, 6) is -0.849. The van der Waals surface area contributed by atoms with Crippen LogP contribution in [0.5, 0.6) is 0 Å². The number of rotatable bonds is 60. The fraction of sp³-hybridized carbons (Fsp3) is 0.894. The Morgan fingerprint density at radius 2 is 0.500 bits per heavy atom. The number of esters is 3. The van der Waals surface area contributed by atoms with E-state index in [-0.39, 0.29) is 31.1 Å². The Morgan fingerprint density at radius 1 is 0.278 bits per heavy atom. The molecule has 424 valence electrons. The summed E-state index contributed by atoms with van der Waals surface area (Å²) in [5.41, 5.74) is 0. The fourth-order valence-electron chi connectivity index (χ4n) is 9.83. The molecule has 0 aromatic rings. The SMILES string of the molecule is CCCCCCC/C=C\C/C=C\CCCCCCCCCCCC(=O)OC(COC(=O)CCCCCCCCCCC)COC(=O)CCCCCCCCCCCCCCCCCCCCCCCCCC. The molecule has 0 aliphatic heterocycles. The first-order valence-corrected chi connectivity index (χ1v) is 32.3. The standard InChI is InChI=1S/C66H124O6/c1-4-7-10-13-16-19-21-23-25-27-29-31-32-33-35-36-38-40-42-44-47-50-53-56-59-65(68)71-62-63(61-70-64(67)58-55-52-49-46-18-15-12-9-6-3)72-66(69)60-57-54-51-48-45-43-41-39-37-34-30-28-26-24-22-20-17-14-11-8-5-2/h22,24,28,30,63H,4-21,23,25-27,29,31-62H2,1-3H3/b24-22-,30-28-. The summed E-state index contributed by atoms with van der Waals surface area (Å²) in [6.07, 6.45) is 73.4. The first-order chi connectivity index (χ1) is 35.5. The van der Waals surface area contributed by atoms with Crippen molar-refractivity contribution in [2.75, 3.05) is 13.2 Å². The Hall–Kier alpha value is -2.11. The van der Waals surface area contributed by atoms with Crippen LogP contribution in [0.4, 0.5) is 0 Å². The van der Waals surface area contributed by atoms with Crippen molar-refractivity contribution in [3.8, 4) is 0 Å². The second kappa shape index (κ2) is 61.4. The van der Waals surface area contributed by atoms with Gasteiger partial charge in [-0.15, -0.1) is 0 Å². The van der Waals surface area contributed by atoms with Gasteiger partial charge < -0.3 is 14.2 Å². The van der Waals surface area contributed by atoms with Crippen molar-refractivity contribution < 1.29 is 28.6 Å². The molecule has 72 heavy (non-hydrogen) atoms. The number of unbranched alkanes of at least 4 members (excludes halogenated alkanes) is 45. The van der Waals surface area contributed by atoms with Gasteiger partial charge in [-0.25, -0.2) is 0 Å². The highest BCUT2D eigenvalue weighted by atomic mass is 16.6. The van der Waals surface area contributed by atoms with Gasteiger partial charge >= 0.3 is 17.9 Å². The lowest BCUT2D eigenvalue weighted by Gasteiger charge is -2.18. The molecule has 0 fully saturated rings. The van der Waals surface area contributed by atoms with E-state index in [0.717, 1.165) is 64.2 Å². The summed E-state index contributed by atoms with van der Waals surface area (Å²) in [4.78, 5) is 38.2. The topological polar surface area (TPSA) is 78.9 Å². The van der Waals surface area contributed by atoms with Crippen LogP contribution in [0, 0.1) is 0 Å². The molecule has 0 saturated carbocycles. The summed E-state index contributed by atoms with van der Waals surface area (Å²) in [6, 6.07) is 0. The minimum atomic E-state index is -0.769. The second-order valence-corrected chi connectivity index (χ2v) is 22.0. The van der Waals surface area contributed by atoms with Crippen molar-refractivity contribution in [2.24, 2.45) is 0 Å². The van der Waals surface area contributed by atoms with Crippen molar-refractivity contribution in [3.63, 3.8) is 0 Å². The largest absolute Gasteiger partial charge is 0.462 e. The summed E-state index contributed by atoms with van der Waals surface area (Å²) >= 11 is 0. The molecule has 0 aromatic heterocycles. The summed E-state index contributed by atoms with van der Waals surface area (Å²) < 4.78 is 16.9. The first kappa shape index (κ1) is 69.9. The average molecular weight is 1010 g/mol. The van der Waals surface area contributed by atoms with E-state index >= 15 is 0 Å². The van der Waals surface area contributed by atoms with Crippen LogP contribution >= 0.6 is 0 Å². The minimum Gasteiger partial charge on any atom is -0.462 e. The lowest BCUT2D eigenvalue weighted by molar-refractivity contribution is -0.167. The van der Waals surface area contributed by atoms with Gasteiger partial charge in [0.15, 0.2) is 6.10 Å². The molecule has 0 radical (unpaired) electrons. The molecule has 6 nitrogen and oxygen atoms in total. The Balaban J connectivity index is 4.16. The predicted molar refractivity (Wildman–Crippen MR) is 312 cm³/mol. The zero-order valence-corrected chi connectivity index (χ0v) is 48.7. The molecule has 1 atom stereocenters. The van der Waals surface area contributed by atoms with E-state index in [4.69, 9.17) is 14.2 Å². The van der Waals surface area contributed by atoms with Gasteiger partial charge in [-0.3, -0.25) is 14.4 Å². The van der Waals surface area contributed by atoms with Crippen LogP contribution in [0.25, 0.3) is 0 Å². The van der Waals surface area contributed by atoms with Gasteiger partial charge in [-0.1, -0.05) is 315 Å². The minimum absolute atomic E-state index is 0.0672. The van der Waals surface area contributed by atoms with Crippen LogP contribution < -0.4 is 0 Å². The zero-order valence-electron chi connectivity index (χ0n) is 48.7. The Morgan fingerprint density at radius 3 is 0.764 bits per heavy atom. The van der Waals surface area contributed by atoms with E-state index in [1.807, 2.05) is 0 Å². The maximum absolute atomic E-state index is 12.9. The average Bonchev–Trinajstić information content (AvgIpc) is 3.38. The highest BCUT2D eigenvalue weighted by Crippen LogP contribution is 2.18. The molecule has 6 heteroatoms. The van der Waals surface area contributed by atoms with Gasteiger partial charge in [0, 0.05) is 19.3 Å². The lowest BCUT2D eigenvalue weighted by Crippen LogP contribution is -2.30. The molecule has 0 rings (SSSR count). The first-order valence-electron chi connectivity index (χ1n) is 32.3. The van der Waals surface area contributed by atoms with Crippen LogP contribution in [-0.2, 0) is 28.6 Å². The van der Waals surface area contributed by atoms with Crippen molar-refractivity contribution in [3.05, 3.63) is 24.3 Å². The highest BCUT2D eigenvalue weighted by molar-refractivity contribution is 5.71. The molecule has 0 bridgehead atoms. The number of carbonyl (C=O) groups excluding carboxylic acids is 3. The van der Waals surface area contributed by atoms with Gasteiger partial charge in [-0.2, -0.15) is 0 Å². The van der Waals surface area contributed by atoms with Gasteiger partial charge in [0.2, 0.25) is 0 Å². The Kier molecular flexibility index (Phi) is 59.6. The van der Waals surface area contributed by atoms with E-state index in [1.54, 1.807) is 0 Å². The molecule has 0 aromatic carbocycles. The Bertz CT molecular complexity index is 1160. The van der Waals surface area contributed by atoms with Crippen LogP contribution in [0.1, 0.15) is 361 Å². The molecular formula is C66H124O6. The van der Waals surface area contributed by atoms with Gasteiger partial charge in [0.05, 0.1) is 0 Å². The second-order valence-electron chi connectivity index (χ2n) is 22.0. The summed E-state index contributed by atoms with van der Waals surface area (Å²) in [6.45, 7) is 6.67. The van der Waals surface area contributed by atoms with Gasteiger partial charge in [0.25, 0.3) is 0 Å². The van der Waals surface area contributed by atoms with E-state index in [2.05, 4.69) is 45.1 Å². The maximum atomic E-state index is 12.9. The van der Waals surface area contributed by atoms with Crippen LogP contribution in [0.3, 0.4) is 0 Å². The van der Waals surface area contributed by atoms with E-state index in [0.29, 0.717) is 19.3 Å². The van der Waals surface area contributed by atoms with Crippen LogP contribution in [0.2, 0.25) is 0 Å². The number of hydrogen-bond acceptors (Lipinski definition) is 6. The van der Waals surface area contributed by atoms with Crippen LogP contribution in [0.15, 0.2) is 24.3 Å². The normalized spacial score (nSPS) is 12.1. The van der Waals surface area contributed by atoms with E-state index in [9.17, 15) is 14.4 Å². The van der Waals surface area contributed by atoms with Gasteiger partial charge in [0.1, 0.15) is 13.2 Å². The lowest BCUT2D eigenvalue weighted by atomic mass is 10.0. The molecule has 0 N–H and O–H groups in total. The molecule has 0 heterocycles. The number of carbonyl (C=O) groups is 3. The van der Waals surface area contributed by atoms with E-state index < -0.39 is 6.10 Å². The molecule has 0 saturated heterocycles. The third kappa shape index (κ3) is 58.8. The van der Waals surface area contributed by atoms with Crippen LogP contribution in [-0.4, -0.2) is 37.2 Å². The molecule has 0 amide bonds.